The summed E-state index contributed by atoms with van der Waals surface area (Å²) in [6, 6.07) is 44.4. The number of aromatic nitrogens is 2. The second-order valence-corrected chi connectivity index (χ2v) is 17.9. The Hall–Kier alpha value is -5.69. The van der Waals surface area contributed by atoms with Gasteiger partial charge < -0.3 is 4.65 Å². The Bertz CT molecular complexity index is 2740. The SMILES string of the molecule is Cc1cc(C)c(B(c2cnc(/C(B3c4ccccc4-c4ccccc43)=C(\OB3c4ccccc4-c4ccccc43)c3nccs3)s2)c2c(C)cc(C)cc2C)c(C)c1. The van der Waals surface area contributed by atoms with Crippen molar-refractivity contribution in [3.63, 3.8) is 0 Å². The Balaban J connectivity index is 1.25. The average Bonchev–Trinajstić information content (AvgIpc) is 4.03. The predicted molar refractivity (Wildman–Crippen MR) is 252 cm³/mol. The van der Waals surface area contributed by atoms with Gasteiger partial charge >= 0.3 is 6.92 Å². The summed E-state index contributed by atoms with van der Waals surface area (Å²) in [5.41, 5.74) is 21.3. The second-order valence-electron chi connectivity index (χ2n) is 16.0. The van der Waals surface area contributed by atoms with E-state index in [1.165, 1.54) is 93.2 Å². The highest BCUT2D eigenvalue weighted by Crippen LogP contribution is 2.37. The molecule has 0 bridgehead atoms. The lowest BCUT2D eigenvalue weighted by atomic mass is 9.37. The number of hydrogen-bond donors (Lipinski definition) is 0. The van der Waals surface area contributed by atoms with Gasteiger partial charge in [-0.1, -0.05) is 177 Å². The largest absolute Gasteiger partial charge is 0.550 e. The monoisotopic (exact) mass is 782 g/mol. The van der Waals surface area contributed by atoms with Gasteiger partial charge in [-0.25, -0.2) is 9.97 Å². The summed E-state index contributed by atoms with van der Waals surface area (Å²) in [5, 5.41) is 3.85. The van der Waals surface area contributed by atoms with Crippen LogP contribution in [0.4, 0.5) is 0 Å². The Morgan fingerprint density at radius 2 is 1.00 bits per heavy atom. The molecule has 0 radical (unpaired) electrons. The van der Waals surface area contributed by atoms with Crippen molar-refractivity contribution in [3.05, 3.63) is 182 Å². The molecule has 0 aliphatic carbocycles. The molecular formula is C50H41B3N2OS2. The van der Waals surface area contributed by atoms with Crippen LogP contribution in [-0.4, -0.2) is 30.3 Å². The summed E-state index contributed by atoms with van der Waals surface area (Å²) in [4.78, 5) is 10.5. The van der Waals surface area contributed by atoms with Gasteiger partial charge in [-0.05, 0) is 74.7 Å². The molecule has 4 heterocycles. The average molecular weight is 782 g/mol. The normalized spacial score (nSPS) is 12.9. The zero-order valence-corrected chi connectivity index (χ0v) is 35.3. The molecule has 2 aliphatic rings. The van der Waals surface area contributed by atoms with Gasteiger partial charge in [-0.15, -0.1) is 22.7 Å². The lowest BCUT2D eigenvalue weighted by Gasteiger charge is -2.23. The van der Waals surface area contributed by atoms with Crippen LogP contribution < -0.4 is 37.6 Å². The highest BCUT2D eigenvalue weighted by atomic mass is 32.1. The summed E-state index contributed by atoms with van der Waals surface area (Å²) in [5.74, 6) is 0.783. The topological polar surface area (TPSA) is 35.0 Å². The first-order chi connectivity index (χ1) is 28.3. The van der Waals surface area contributed by atoms with Crippen LogP contribution in [-0.2, 0) is 4.65 Å². The third-order valence-electron chi connectivity index (χ3n) is 12.1. The first-order valence-electron chi connectivity index (χ1n) is 20.1. The molecule has 0 unspecified atom stereocenters. The van der Waals surface area contributed by atoms with Crippen molar-refractivity contribution in [2.45, 2.75) is 41.5 Å². The molecule has 10 rings (SSSR count). The molecule has 0 amide bonds. The van der Waals surface area contributed by atoms with E-state index in [1.54, 1.807) is 22.7 Å². The second kappa shape index (κ2) is 14.6. The summed E-state index contributed by atoms with van der Waals surface area (Å²) in [6.45, 7) is 13.0. The van der Waals surface area contributed by atoms with E-state index in [0.717, 1.165) is 21.2 Å². The Kier molecular flexibility index (Phi) is 9.23. The van der Waals surface area contributed by atoms with Gasteiger partial charge in [0.25, 0.3) is 13.4 Å². The molecule has 2 aliphatic heterocycles. The molecule has 8 heteroatoms. The molecule has 278 valence electrons. The predicted octanol–water partition coefficient (Wildman–Crippen LogP) is 7.47. The van der Waals surface area contributed by atoms with Gasteiger partial charge in [0.05, 0.1) is 0 Å². The smallest absolute Gasteiger partial charge is 0.427 e. The number of aryl methyl sites for hydroxylation is 6. The number of fused-ring (bicyclic) bond motifs is 6. The number of rotatable bonds is 8. The van der Waals surface area contributed by atoms with Crippen LogP contribution in [0.3, 0.4) is 0 Å². The third-order valence-corrected chi connectivity index (χ3v) is 14.0. The fraction of sp³-hybridized carbons (Fsp3) is 0.120. The van der Waals surface area contributed by atoms with E-state index in [0.29, 0.717) is 0 Å². The first-order valence-corrected chi connectivity index (χ1v) is 21.7. The Morgan fingerprint density at radius 3 is 1.47 bits per heavy atom. The minimum Gasteiger partial charge on any atom is -0.550 e. The molecule has 0 saturated heterocycles. The molecule has 0 atom stereocenters. The fourth-order valence-corrected chi connectivity index (χ4v) is 11.7. The third kappa shape index (κ3) is 6.04. The summed E-state index contributed by atoms with van der Waals surface area (Å²) in [6.07, 6.45) is 4.04. The summed E-state index contributed by atoms with van der Waals surface area (Å²) >= 11 is 3.42. The number of hydrogen-bond acceptors (Lipinski definition) is 5. The summed E-state index contributed by atoms with van der Waals surface area (Å²) < 4.78 is 8.82. The molecule has 2 aromatic heterocycles. The molecule has 58 heavy (non-hydrogen) atoms. The number of thiazole rings is 2. The van der Waals surface area contributed by atoms with E-state index in [4.69, 9.17) is 14.6 Å². The Morgan fingerprint density at radius 1 is 0.552 bits per heavy atom. The Labute approximate surface area is 350 Å². The number of benzene rings is 6. The highest BCUT2D eigenvalue weighted by molar-refractivity contribution is 7.29. The van der Waals surface area contributed by atoms with Crippen molar-refractivity contribution < 1.29 is 4.65 Å². The molecule has 6 aromatic carbocycles. The van der Waals surface area contributed by atoms with E-state index in [2.05, 4.69) is 174 Å². The molecule has 0 fully saturated rings. The van der Waals surface area contributed by atoms with E-state index in [1.807, 2.05) is 6.20 Å². The summed E-state index contributed by atoms with van der Waals surface area (Å²) in [7, 11) is 0. The van der Waals surface area contributed by atoms with Crippen LogP contribution in [0.1, 0.15) is 43.4 Å². The lowest BCUT2D eigenvalue weighted by molar-refractivity contribution is 0.551. The van der Waals surface area contributed by atoms with Crippen LogP contribution in [0.2, 0.25) is 0 Å². The quantitative estimate of drug-likeness (QED) is 0.119. The van der Waals surface area contributed by atoms with Crippen LogP contribution in [0.15, 0.2) is 139 Å². The van der Waals surface area contributed by atoms with Crippen LogP contribution in [0.5, 0.6) is 0 Å². The van der Waals surface area contributed by atoms with Gasteiger partial charge in [-0.3, -0.25) is 0 Å². The van der Waals surface area contributed by atoms with Gasteiger partial charge in [0, 0.05) is 28.0 Å². The van der Waals surface area contributed by atoms with Crippen molar-refractivity contribution >= 4 is 91.8 Å². The van der Waals surface area contributed by atoms with Crippen LogP contribution >= 0.6 is 22.7 Å². The fourth-order valence-electron chi connectivity index (χ4n) is 10.0. The number of nitrogens with zero attached hydrogens (tertiary/aromatic N) is 2. The van der Waals surface area contributed by atoms with Crippen molar-refractivity contribution in [1.82, 2.24) is 9.97 Å². The van der Waals surface area contributed by atoms with Crippen LogP contribution in [0.25, 0.3) is 33.5 Å². The molecule has 8 aromatic rings. The van der Waals surface area contributed by atoms with Crippen molar-refractivity contribution in [2.24, 2.45) is 0 Å². The molecular weight excluding hydrogens is 741 g/mol. The van der Waals surface area contributed by atoms with E-state index < -0.39 is 0 Å². The van der Waals surface area contributed by atoms with Gasteiger partial charge in [0.2, 0.25) is 0 Å². The molecule has 0 spiro atoms. The zero-order valence-electron chi connectivity index (χ0n) is 33.6. The van der Waals surface area contributed by atoms with Gasteiger partial charge in [-0.2, -0.15) is 0 Å². The molecule has 0 N–H and O–H groups in total. The van der Waals surface area contributed by atoms with Crippen molar-refractivity contribution in [3.8, 4) is 22.3 Å². The van der Waals surface area contributed by atoms with E-state index in [-0.39, 0.29) is 20.3 Å². The van der Waals surface area contributed by atoms with Crippen molar-refractivity contribution in [2.75, 3.05) is 0 Å². The zero-order chi connectivity index (χ0) is 39.7. The minimum absolute atomic E-state index is 0.00895. The standard InChI is InChI=1S/C50H41B3N2OS2/c1-30-25-32(3)45(33(4)26-30)52(46-34(5)27-31(2)28-35(46)6)44-29-55-49(58-44)47(51-40-19-11-7-15-36(40)37-16-8-12-20-41(37)51)48(50-54-23-24-57-50)56-53-42-21-13-9-17-38(42)39-18-10-14-22-43(39)53/h7-29H,1-6H3/b48-47+. The van der Waals surface area contributed by atoms with Gasteiger partial charge in [0.1, 0.15) is 10.8 Å². The van der Waals surface area contributed by atoms with Crippen molar-refractivity contribution in [1.29, 1.82) is 0 Å². The van der Waals surface area contributed by atoms with E-state index >= 15 is 0 Å². The first kappa shape index (κ1) is 36.6. The maximum absolute atomic E-state index is 7.60. The van der Waals surface area contributed by atoms with Crippen LogP contribution in [0, 0.1) is 41.5 Å². The highest BCUT2D eigenvalue weighted by Gasteiger charge is 2.43. The maximum atomic E-state index is 7.60. The van der Waals surface area contributed by atoms with E-state index in [9.17, 15) is 0 Å². The van der Waals surface area contributed by atoms with Gasteiger partial charge in [0.15, 0.2) is 5.01 Å². The maximum Gasteiger partial charge on any atom is 0.427 e. The lowest BCUT2D eigenvalue weighted by Crippen LogP contribution is -2.55. The molecule has 3 nitrogen and oxygen atoms in total. The molecule has 0 saturated carbocycles. The minimum atomic E-state index is -0.309.